The Bertz CT molecular complexity index is 799. The van der Waals surface area contributed by atoms with E-state index in [-0.39, 0.29) is 6.79 Å². The van der Waals surface area contributed by atoms with E-state index >= 15 is 0 Å². The fourth-order valence-corrected chi connectivity index (χ4v) is 3.75. The van der Waals surface area contributed by atoms with Crippen LogP contribution in [0.15, 0.2) is 42.7 Å². The summed E-state index contributed by atoms with van der Waals surface area (Å²) < 4.78 is 10.8. The minimum Gasteiger partial charge on any atom is -0.480 e. The largest absolute Gasteiger partial charge is 0.480 e. The molecule has 0 saturated carbocycles. The molecule has 27 heavy (non-hydrogen) atoms. The molecular formula is C20H23N3O4. The average molecular weight is 369 g/mol. The molecule has 4 rings (SSSR count). The van der Waals surface area contributed by atoms with Crippen molar-refractivity contribution in [3.63, 3.8) is 0 Å². The van der Waals surface area contributed by atoms with Gasteiger partial charge in [0.15, 0.2) is 11.5 Å². The van der Waals surface area contributed by atoms with Crippen LogP contribution in [0.3, 0.4) is 0 Å². The molecule has 0 amide bonds. The summed E-state index contributed by atoms with van der Waals surface area (Å²) in [7, 11) is 0. The molecule has 7 heteroatoms. The van der Waals surface area contributed by atoms with Gasteiger partial charge in [0, 0.05) is 38.6 Å². The number of aliphatic carboxylic acids is 1. The summed E-state index contributed by atoms with van der Waals surface area (Å²) >= 11 is 0. The molecule has 3 heterocycles. The van der Waals surface area contributed by atoms with E-state index in [0.717, 1.165) is 38.2 Å². The Balaban J connectivity index is 1.46. The van der Waals surface area contributed by atoms with E-state index in [0.29, 0.717) is 18.0 Å². The van der Waals surface area contributed by atoms with Gasteiger partial charge >= 0.3 is 5.97 Å². The van der Waals surface area contributed by atoms with Gasteiger partial charge in [-0.25, -0.2) is 0 Å². The Morgan fingerprint density at radius 2 is 2.04 bits per heavy atom. The van der Waals surface area contributed by atoms with Crippen LogP contribution in [0.2, 0.25) is 0 Å². The molecule has 1 aromatic heterocycles. The van der Waals surface area contributed by atoms with E-state index in [2.05, 4.69) is 16.0 Å². The highest BCUT2D eigenvalue weighted by molar-refractivity contribution is 5.76. The second-order valence-electron chi connectivity index (χ2n) is 6.88. The minimum absolute atomic E-state index is 0.184. The summed E-state index contributed by atoms with van der Waals surface area (Å²) in [6.45, 7) is 4.23. The maximum absolute atomic E-state index is 12.0. The number of benzene rings is 1. The van der Waals surface area contributed by atoms with Gasteiger partial charge in [-0.2, -0.15) is 0 Å². The number of nitrogens with zero attached hydrogens (tertiary/aromatic N) is 3. The molecule has 7 nitrogen and oxygen atoms in total. The summed E-state index contributed by atoms with van der Waals surface area (Å²) in [4.78, 5) is 20.6. The first-order chi connectivity index (χ1) is 13.2. The Morgan fingerprint density at radius 1 is 1.15 bits per heavy atom. The smallest absolute Gasteiger partial charge is 0.325 e. The highest BCUT2D eigenvalue weighted by Crippen LogP contribution is 2.35. The molecule has 1 aromatic carbocycles. The van der Waals surface area contributed by atoms with Gasteiger partial charge < -0.3 is 14.6 Å². The van der Waals surface area contributed by atoms with Crippen LogP contribution in [0, 0.1) is 0 Å². The van der Waals surface area contributed by atoms with Crippen molar-refractivity contribution in [2.75, 3.05) is 33.0 Å². The molecule has 0 radical (unpaired) electrons. The average Bonchev–Trinajstić information content (AvgIpc) is 3.03. The Hall–Kier alpha value is -2.64. The van der Waals surface area contributed by atoms with E-state index < -0.39 is 12.0 Å². The fraction of sp³-hybridized carbons (Fsp3) is 0.400. The molecule has 0 aliphatic carbocycles. The summed E-state index contributed by atoms with van der Waals surface area (Å²) in [5.74, 6) is 0.447. The predicted octanol–water partition coefficient (Wildman–Crippen LogP) is 2.14. The Kier molecular flexibility index (Phi) is 5.22. The molecule has 2 aliphatic heterocycles. The molecule has 1 unspecified atom stereocenters. The van der Waals surface area contributed by atoms with Crippen molar-refractivity contribution in [1.29, 1.82) is 0 Å². The van der Waals surface area contributed by atoms with Gasteiger partial charge in [-0.05, 0) is 42.3 Å². The molecular weight excluding hydrogens is 346 g/mol. The monoisotopic (exact) mass is 369 g/mol. The van der Waals surface area contributed by atoms with Crippen molar-refractivity contribution in [1.82, 2.24) is 14.8 Å². The molecule has 142 valence electrons. The molecule has 1 atom stereocenters. The lowest BCUT2D eigenvalue weighted by atomic mass is 10.0. The van der Waals surface area contributed by atoms with Gasteiger partial charge in [0.1, 0.15) is 6.04 Å². The highest BCUT2D eigenvalue weighted by Gasteiger charge is 2.30. The van der Waals surface area contributed by atoms with Crippen molar-refractivity contribution in [3.05, 3.63) is 53.9 Å². The summed E-state index contributed by atoms with van der Waals surface area (Å²) in [6, 6.07) is 8.74. The van der Waals surface area contributed by atoms with Gasteiger partial charge in [-0.15, -0.1) is 0 Å². The molecule has 1 saturated heterocycles. The third kappa shape index (κ3) is 4.04. The molecule has 2 aromatic rings. The van der Waals surface area contributed by atoms with Crippen LogP contribution >= 0.6 is 0 Å². The first kappa shape index (κ1) is 17.8. The number of carboxylic acid groups (broad SMARTS) is 1. The first-order valence-electron chi connectivity index (χ1n) is 9.18. The number of carboxylic acids is 1. The van der Waals surface area contributed by atoms with Gasteiger partial charge in [0.05, 0.1) is 0 Å². The highest BCUT2D eigenvalue weighted by atomic mass is 16.7. The lowest BCUT2D eigenvalue weighted by Gasteiger charge is -2.28. The third-order valence-electron chi connectivity index (χ3n) is 5.06. The second-order valence-corrected chi connectivity index (χ2v) is 6.88. The van der Waals surface area contributed by atoms with Crippen LogP contribution in [0.25, 0.3) is 0 Å². The van der Waals surface area contributed by atoms with Crippen LogP contribution in [-0.2, 0) is 11.3 Å². The zero-order chi connectivity index (χ0) is 18.6. The van der Waals surface area contributed by atoms with Gasteiger partial charge in [0.25, 0.3) is 0 Å². The summed E-state index contributed by atoms with van der Waals surface area (Å²) in [5.41, 5.74) is 1.91. The maximum atomic E-state index is 12.0. The van der Waals surface area contributed by atoms with E-state index in [1.165, 1.54) is 5.56 Å². The summed E-state index contributed by atoms with van der Waals surface area (Å²) in [6.07, 6.45) is 4.58. The summed E-state index contributed by atoms with van der Waals surface area (Å²) in [5, 5.41) is 9.88. The van der Waals surface area contributed by atoms with E-state index in [1.54, 1.807) is 18.3 Å². The normalized spacial score (nSPS) is 18.8. The van der Waals surface area contributed by atoms with Crippen LogP contribution in [0.1, 0.15) is 23.6 Å². The fourth-order valence-electron chi connectivity index (χ4n) is 3.75. The number of fused-ring (bicyclic) bond motifs is 1. The van der Waals surface area contributed by atoms with Crippen molar-refractivity contribution in [2.24, 2.45) is 0 Å². The number of ether oxygens (including phenoxy) is 2. The first-order valence-corrected chi connectivity index (χ1v) is 9.18. The predicted molar refractivity (Wildman–Crippen MR) is 98.6 cm³/mol. The van der Waals surface area contributed by atoms with Crippen molar-refractivity contribution in [2.45, 2.75) is 19.0 Å². The van der Waals surface area contributed by atoms with Crippen molar-refractivity contribution >= 4 is 5.97 Å². The van der Waals surface area contributed by atoms with E-state index in [4.69, 9.17) is 9.47 Å². The van der Waals surface area contributed by atoms with E-state index in [1.807, 2.05) is 23.2 Å². The molecule has 1 fully saturated rings. The van der Waals surface area contributed by atoms with Gasteiger partial charge in [-0.3, -0.25) is 19.6 Å². The van der Waals surface area contributed by atoms with Crippen molar-refractivity contribution < 1.29 is 19.4 Å². The molecule has 1 N–H and O–H groups in total. The molecule has 2 aliphatic rings. The number of hydrogen-bond donors (Lipinski definition) is 1. The lowest BCUT2D eigenvalue weighted by molar-refractivity contribution is -0.143. The number of pyridine rings is 1. The number of rotatable bonds is 5. The van der Waals surface area contributed by atoms with Gasteiger partial charge in [-0.1, -0.05) is 12.1 Å². The van der Waals surface area contributed by atoms with Crippen LogP contribution < -0.4 is 9.47 Å². The van der Waals surface area contributed by atoms with Crippen molar-refractivity contribution in [3.8, 4) is 11.5 Å². The number of carbonyl (C=O) groups is 1. The van der Waals surface area contributed by atoms with E-state index in [9.17, 15) is 9.90 Å². The zero-order valence-corrected chi connectivity index (χ0v) is 15.1. The number of aromatic nitrogens is 1. The van der Waals surface area contributed by atoms with Gasteiger partial charge in [0.2, 0.25) is 6.79 Å². The zero-order valence-electron chi connectivity index (χ0n) is 15.1. The SMILES string of the molecule is O=C(O)C(c1ccc2c(c1)OCO2)N1CCCN(Cc2cccnc2)CC1. The molecule has 0 bridgehead atoms. The van der Waals surface area contributed by atoms with Crippen LogP contribution in [0.4, 0.5) is 0 Å². The topological polar surface area (TPSA) is 75.1 Å². The van der Waals surface area contributed by atoms with Crippen LogP contribution in [-0.4, -0.2) is 58.8 Å². The lowest BCUT2D eigenvalue weighted by Crippen LogP contribution is -2.37. The maximum Gasteiger partial charge on any atom is 0.325 e. The van der Waals surface area contributed by atoms with Crippen LogP contribution in [0.5, 0.6) is 11.5 Å². The minimum atomic E-state index is -0.838. The Morgan fingerprint density at radius 3 is 2.85 bits per heavy atom. The second kappa shape index (κ2) is 7.94. The third-order valence-corrected chi connectivity index (χ3v) is 5.06. The Labute approximate surface area is 158 Å². The quantitative estimate of drug-likeness (QED) is 0.865. The number of hydrogen-bond acceptors (Lipinski definition) is 6. The standard InChI is InChI=1S/C20H23N3O4/c24-20(25)19(16-4-5-17-18(11-16)27-14-26-17)23-8-2-7-22(9-10-23)13-15-3-1-6-21-12-15/h1,3-6,11-12,19H,2,7-10,13-14H2,(H,24,25). The molecule has 0 spiro atoms.